The van der Waals surface area contributed by atoms with Crippen LogP contribution in [0.25, 0.3) is 87.7 Å². The van der Waals surface area contributed by atoms with Crippen molar-refractivity contribution in [3.63, 3.8) is 0 Å². The largest absolute Gasteiger partial charge is 0.309 e. The molecular weight excluding hydrogens is 929 g/mol. The van der Waals surface area contributed by atoms with Crippen LogP contribution < -0.4 is 0 Å². The van der Waals surface area contributed by atoms with Crippen LogP contribution >= 0.6 is 0 Å². The Morgan fingerprint density at radius 3 is 1.34 bits per heavy atom. The number of aryl methyl sites for hydroxylation is 1. The van der Waals surface area contributed by atoms with E-state index >= 15 is 0 Å². The highest BCUT2D eigenvalue weighted by Crippen LogP contribution is 2.45. The summed E-state index contributed by atoms with van der Waals surface area (Å²) in [5.41, 5.74) is 17.9. The molecule has 0 aliphatic carbocycles. The van der Waals surface area contributed by atoms with Gasteiger partial charge in [-0.2, -0.15) is 0 Å². The molecule has 2 heterocycles. The number of rotatable bonds is 13. The molecule has 2 aromatic heterocycles. The highest BCUT2D eigenvalue weighted by molar-refractivity contribution is 6.10. The Morgan fingerprint density at radius 1 is 0.325 bits per heavy atom. The molecule has 77 heavy (non-hydrogen) atoms. The Bertz CT molecular complexity index is 4420. The maximum atomic E-state index is 2.49. The quantitative estimate of drug-likeness (QED) is 0.109. The van der Waals surface area contributed by atoms with Gasteiger partial charge in [0.15, 0.2) is 0 Å². The van der Waals surface area contributed by atoms with E-state index in [1.165, 1.54) is 121 Å². The summed E-state index contributed by atoms with van der Waals surface area (Å²) in [6.07, 6.45) is 3.13. The smallest absolute Gasteiger partial charge is 0.0541 e. The molecule has 0 spiro atoms. The number of aromatic nitrogens is 2. The van der Waals surface area contributed by atoms with Crippen molar-refractivity contribution in [2.24, 2.45) is 0 Å². The molecule has 2 heteroatoms. The molecule has 0 radical (unpaired) electrons. The monoisotopic (exact) mass is 986 g/mol. The van der Waals surface area contributed by atoms with Crippen molar-refractivity contribution in [2.45, 2.75) is 43.9 Å². The lowest BCUT2D eigenvalue weighted by Crippen LogP contribution is -2.11. The standard InChI is InChI=1S/C75H58N2/c1-51(75(68-34-18-23-57-21-9-11-29-63(57)68)59-46-48-74-70(50-59)67-31-13-15-36-72(67)77(74)61-26-6-3-7-27-61)53-41-43-55(44-42-53)54-39-37-52(38-40-54)19-16-32-64(65-33-17-22-56-20-8-10-28-62(56)65)58-45-47-73-69(49-58)66-30-12-14-35-71(66)76(73)60-24-4-2-5-25-60/h2-15,17-18,20-31,33-51,64,75H,16,19,32H2,1H3. The highest BCUT2D eigenvalue weighted by atomic mass is 15.0. The van der Waals surface area contributed by atoms with Crippen molar-refractivity contribution in [1.29, 1.82) is 0 Å². The third kappa shape index (κ3) is 8.38. The van der Waals surface area contributed by atoms with E-state index in [0.29, 0.717) is 0 Å². The van der Waals surface area contributed by atoms with E-state index in [-0.39, 0.29) is 17.8 Å². The Balaban J connectivity index is 0.746. The van der Waals surface area contributed by atoms with Crippen LogP contribution in [0.5, 0.6) is 0 Å². The first kappa shape index (κ1) is 46.3. The molecule has 3 unspecified atom stereocenters. The second kappa shape index (κ2) is 19.8. The first-order chi connectivity index (χ1) is 38.1. The molecule has 0 saturated heterocycles. The van der Waals surface area contributed by atoms with Gasteiger partial charge in [-0.3, -0.25) is 0 Å². The van der Waals surface area contributed by atoms with E-state index in [1.54, 1.807) is 0 Å². The summed E-state index contributed by atoms with van der Waals surface area (Å²) in [5, 5.41) is 10.4. The summed E-state index contributed by atoms with van der Waals surface area (Å²) in [6.45, 7) is 2.42. The van der Waals surface area contributed by atoms with E-state index < -0.39 is 0 Å². The number of fused-ring (bicyclic) bond motifs is 8. The van der Waals surface area contributed by atoms with E-state index in [1.807, 2.05) is 0 Å². The van der Waals surface area contributed by atoms with Crippen LogP contribution in [0, 0.1) is 0 Å². The van der Waals surface area contributed by atoms with Crippen molar-refractivity contribution < 1.29 is 0 Å². The number of benzene rings is 12. The number of nitrogens with zero attached hydrogens (tertiary/aromatic N) is 2. The van der Waals surface area contributed by atoms with Crippen molar-refractivity contribution in [3.8, 4) is 22.5 Å². The first-order valence-corrected chi connectivity index (χ1v) is 27.4. The zero-order valence-corrected chi connectivity index (χ0v) is 43.3. The Labute approximate surface area is 450 Å². The fourth-order valence-electron chi connectivity index (χ4n) is 13.0. The summed E-state index contributed by atoms with van der Waals surface area (Å²) in [4.78, 5) is 0. The van der Waals surface area contributed by atoms with Gasteiger partial charge in [0.2, 0.25) is 0 Å². The highest BCUT2D eigenvalue weighted by Gasteiger charge is 2.27. The van der Waals surface area contributed by atoms with Crippen LogP contribution in [0.4, 0.5) is 0 Å². The molecule has 0 saturated carbocycles. The van der Waals surface area contributed by atoms with Gasteiger partial charge in [0.05, 0.1) is 22.1 Å². The minimum Gasteiger partial charge on any atom is -0.309 e. The van der Waals surface area contributed by atoms with E-state index in [2.05, 4.69) is 295 Å². The summed E-state index contributed by atoms with van der Waals surface area (Å²) < 4.78 is 4.83. The summed E-state index contributed by atoms with van der Waals surface area (Å²) >= 11 is 0. The molecule has 0 aliphatic heterocycles. The SMILES string of the molecule is CC(c1ccc(-c2ccc(CCCC(c3ccc4c(c3)c3ccccc3n4-c3ccccc3)c3cccc4ccccc34)cc2)cc1)C(c1ccc2c(c1)c1ccccc1n2-c1ccccc1)c1cccc2ccccc12. The third-order valence-electron chi connectivity index (χ3n) is 16.7. The fourth-order valence-corrected chi connectivity index (χ4v) is 13.0. The summed E-state index contributed by atoms with van der Waals surface area (Å²) in [5.74, 6) is 0.569. The molecule has 0 aliphatic rings. The zero-order chi connectivity index (χ0) is 51.2. The lowest BCUT2D eigenvalue weighted by atomic mass is 9.76. The van der Waals surface area contributed by atoms with Crippen LogP contribution in [0.3, 0.4) is 0 Å². The molecule has 2 nitrogen and oxygen atoms in total. The molecule has 0 bridgehead atoms. The zero-order valence-electron chi connectivity index (χ0n) is 43.3. The Morgan fingerprint density at radius 2 is 0.753 bits per heavy atom. The lowest BCUT2D eigenvalue weighted by molar-refractivity contribution is 0.662. The molecule has 368 valence electrons. The van der Waals surface area contributed by atoms with Crippen LogP contribution in [0.2, 0.25) is 0 Å². The second-order valence-corrected chi connectivity index (χ2v) is 21.1. The Kier molecular flexibility index (Phi) is 11.9. The van der Waals surface area contributed by atoms with Gasteiger partial charge in [-0.15, -0.1) is 0 Å². The predicted octanol–water partition coefficient (Wildman–Crippen LogP) is 19.9. The molecule has 0 N–H and O–H groups in total. The minimum absolute atomic E-state index is 0.124. The molecule has 3 atom stereocenters. The normalized spacial score (nSPS) is 13.0. The first-order valence-electron chi connectivity index (χ1n) is 27.4. The van der Waals surface area contributed by atoms with Gasteiger partial charge in [-0.25, -0.2) is 0 Å². The third-order valence-corrected chi connectivity index (χ3v) is 16.7. The average Bonchev–Trinajstić information content (AvgIpc) is 4.03. The maximum Gasteiger partial charge on any atom is 0.0541 e. The summed E-state index contributed by atoms with van der Waals surface area (Å²) in [6, 6.07) is 104. The van der Waals surface area contributed by atoms with Gasteiger partial charge in [-0.05, 0) is 152 Å². The van der Waals surface area contributed by atoms with E-state index in [4.69, 9.17) is 0 Å². The van der Waals surface area contributed by atoms with Crippen molar-refractivity contribution in [2.75, 3.05) is 0 Å². The summed E-state index contributed by atoms with van der Waals surface area (Å²) in [7, 11) is 0. The Hall–Kier alpha value is -9.24. The number of hydrogen-bond donors (Lipinski definition) is 0. The van der Waals surface area contributed by atoms with Crippen molar-refractivity contribution in [1.82, 2.24) is 9.13 Å². The van der Waals surface area contributed by atoms with Crippen LogP contribution in [-0.4, -0.2) is 9.13 Å². The lowest BCUT2D eigenvalue weighted by Gasteiger charge is -2.27. The molecule has 12 aromatic carbocycles. The topological polar surface area (TPSA) is 9.86 Å². The van der Waals surface area contributed by atoms with E-state index in [0.717, 1.165) is 19.3 Å². The van der Waals surface area contributed by atoms with Crippen LogP contribution in [0.1, 0.15) is 70.9 Å². The van der Waals surface area contributed by atoms with Crippen LogP contribution in [-0.2, 0) is 6.42 Å². The average molecular weight is 987 g/mol. The van der Waals surface area contributed by atoms with E-state index in [9.17, 15) is 0 Å². The number of para-hydroxylation sites is 4. The molecule has 0 fully saturated rings. The van der Waals surface area contributed by atoms with Crippen molar-refractivity contribution in [3.05, 3.63) is 312 Å². The van der Waals surface area contributed by atoms with Gasteiger partial charge in [0.25, 0.3) is 0 Å². The molecule has 0 amide bonds. The molecule has 14 aromatic rings. The van der Waals surface area contributed by atoms with Crippen molar-refractivity contribution >= 4 is 65.2 Å². The minimum atomic E-state index is 0.124. The fraction of sp³-hybridized carbons (Fsp3) is 0.0933. The van der Waals surface area contributed by atoms with Gasteiger partial charge in [-0.1, -0.05) is 225 Å². The predicted molar refractivity (Wildman–Crippen MR) is 326 cm³/mol. The van der Waals surface area contributed by atoms with Gasteiger partial charge < -0.3 is 9.13 Å². The second-order valence-electron chi connectivity index (χ2n) is 21.1. The molecule has 14 rings (SSSR count). The van der Waals surface area contributed by atoms with Gasteiger partial charge in [0, 0.05) is 44.8 Å². The molecular formula is C75H58N2. The van der Waals surface area contributed by atoms with Gasteiger partial charge >= 0.3 is 0 Å². The maximum absolute atomic E-state index is 2.49. The van der Waals surface area contributed by atoms with Crippen LogP contribution in [0.15, 0.2) is 279 Å². The van der Waals surface area contributed by atoms with Gasteiger partial charge in [0.1, 0.15) is 0 Å². The number of hydrogen-bond acceptors (Lipinski definition) is 0.